The van der Waals surface area contributed by atoms with Gasteiger partial charge in [-0.15, -0.1) is 0 Å². The number of rotatable bonds is 6. The fourth-order valence-corrected chi connectivity index (χ4v) is 4.89. The molecular weight excluding hydrogens is 324 g/mol. The number of nitrogens with zero attached hydrogens (tertiary/aromatic N) is 1. The van der Waals surface area contributed by atoms with Crippen molar-refractivity contribution in [2.24, 2.45) is 5.41 Å². The van der Waals surface area contributed by atoms with Crippen molar-refractivity contribution >= 4 is 5.91 Å². The Balaban J connectivity index is 1.40. The second-order valence-electron chi connectivity index (χ2n) is 8.58. The Hall–Kier alpha value is -1.39. The third kappa shape index (κ3) is 3.81. The molecule has 1 aliphatic heterocycles. The van der Waals surface area contributed by atoms with Gasteiger partial charge >= 0.3 is 0 Å². The van der Waals surface area contributed by atoms with Crippen molar-refractivity contribution in [2.45, 2.75) is 50.4 Å². The second kappa shape index (κ2) is 7.69. The van der Waals surface area contributed by atoms with E-state index in [2.05, 4.69) is 22.3 Å². The Morgan fingerprint density at radius 3 is 2.35 bits per heavy atom. The third-order valence-electron chi connectivity index (χ3n) is 6.71. The molecule has 0 unspecified atom stereocenters. The molecule has 0 radical (unpaired) electrons. The summed E-state index contributed by atoms with van der Waals surface area (Å²) in [7, 11) is 0. The predicted octanol–water partition coefficient (Wildman–Crippen LogP) is 3.12. The van der Waals surface area contributed by atoms with E-state index in [1.165, 1.54) is 37.7 Å². The summed E-state index contributed by atoms with van der Waals surface area (Å²) in [6, 6.07) is 10.3. The number of morpholine rings is 1. The lowest BCUT2D eigenvalue weighted by atomic mass is 9.73. The average Bonchev–Trinajstić information content (AvgIpc) is 3.51. The lowest BCUT2D eigenvalue weighted by Gasteiger charge is -2.42. The molecule has 4 heteroatoms. The van der Waals surface area contributed by atoms with E-state index in [0.29, 0.717) is 0 Å². The summed E-state index contributed by atoms with van der Waals surface area (Å²) in [5.74, 6) is 0.246. The van der Waals surface area contributed by atoms with E-state index < -0.39 is 0 Å². The van der Waals surface area contributed by atoms with Crippen molar-refractivity contribution in [3.05, 3.63) is 35.9 Å². The van der Waals surface area contributed by atoms with Crippen LogP contribution in [0.4, 0.5) is 0 Å². The molecule has 1 aromatic carbocycles. The van der Waals surface area contributed by atoms with E-state index in [1.807, 2.05) is 18.2 Å². The molecule has 4 rings (SSSR count). The maximum absolute atomic E-state index is 13.1. The van der Waals surface area contributed by atoms with Gasteiger partial charge in [0.05, 0.1) is 18.6 Å². The highest BCUT2D eigenvalue weighted by Gasteiger charge is 2.51. The molecule has 1 N–H and O–H groups in total. The predicted molar refractivity (Wildman–Crippen MR) is 103 cm³/mol. The van der Waals surface area contributed by atoms with Crippen LogP contribution in [0, 0.1) is 5.41 Å². The van der Waals surface area contributed by atoms with Gasteiger partial charge in [-0.05, 0) is 31.2 Å². The first-order valence-corrected chi connectivity index (χ1v) is 10.4. The maximum atomic E-state index is 13.1. The molecule has 2 aliphatic carbocycles. The first-order chi connectivity index (χ1) is 12.7. The molecule has 1 saturated heterocycles. The number of hydrogen-bond acceptors (Lipinski definition) is 3. The topological polar surface area (TPSA) is 41.6 Å². The molecule has 0 atom stereocenters. The summed E-state index contributed by atoms with van der Waals surface area (Å²) in [4.78, 5) is 15.6. The molecule has 26 heavy (non-hydrogen) atoms. The van der Waals surface area contributed by atoms with Gasteiger partial charge in [0, 0.05) is 31.6 Å². The normalized spacial score (nSPS) is 24.8. The van der Waals surface area contributed by atoms with Crippen molar-refractivity contribution in [3.8, 4) is 0 Å². The van der Waals surface area contributed by atoms with Crippen LogP contribution in [0.25, 0.3) is 0 Å². The highest BCUT2D eigenvalue weighted by Crippen LogP contribution is 2.48. The number of hydrogen-bond donors (Lipinski definition) is 1. The van der Waals surface area contributed by atoms with Gasteiger partial charge in [-0.3, -0.25) is 9.69 Å². The Morgan fingerprint density at radius 2 is 1.69 bits per heavy atom. The Morgan fingerprint density at radius 1 is 1.00 bits per heavy atom. The zero-order valence-electron chi connectivity index (χ0n) is 15.8. The van der Waals surface area contributed by atoms with Crippen LogP contribution in [-0.4, -0.2) is 50.2 Å². The van der Waals surface area contributed by atoms with E-state index in [0.717, 1.165) is 52.2 Å². The average molecular weight is 357 g/mol. The van der Waals surface area contributed by atoms with E-state index >= 15 is 0 Å². The van der Waals surface area contributed by atoms with E-state index in [-0.39, 0.29) is 16.7 Å². The molecular formula is C22H32N2O2. The molecule has 1 amide bonds. The van der Waals surface area contributed by atoms with E-state index in [9.17, 15) is 4.79 Å². The number of carbonyl (C=O) groups excluding carboxylic acids is 1. The van der Waals surface area contributed by atoms with E-state index in [4.69, 9.17) is 4.74 Å². The minimum Gasteiger partial charge on any atom is -0.379 e. The zero-order valence-corrected chi connectivity index (χ0v) is 15.8. The van der Waals surface area contributed by atoms with Crippen LogP contribution in [0.1, 0.15) is 50.5 Å². The van der Waals surface area contributed by atoms with Crippen molar-refractivity contribution in [2.75, 3.05) is 39.4 Å². The van der Waals surface area contributed by atoms with Crippen molar-refractivity contribution in [3.63, 3.8) is 0 Å². The van der Waals surface area contributed by atoms with Crippen LogP contribution in [0.2, 0.25) is 0 Å². The quantitative estimate of drug-likeness (QED) is 0.851. The summed E-state index contributed by atoms with van der Waals surface area (Å²) in [6.45, 7) is 5.69. The highest BCUT2D eigenvalue weighted by molar-refractivity contribution is 5.91. The summed E-state index contributed by atoms with van der Waals surface area (Å²) in [5, 5.41) is 3.39. The molecule has 2 saturated carbocycles. The standard InChI is InChI=1S/C22H32N2O2/c25-20(22(11-12-22)19-7-3-1-4-8-19)23-17-21(9-5-2-6-10-21)18-24-13-15-26-16-14-24/h1,3-4,7-8H,2,5-6,9-18H2,(H,23,25). The van der Waals surface area contributed by atoms with Gasteiger partial charge in [-0.25, -0.2) is 0 Å². The number of nitrogens with one attached hydrogen (secondary N) is 1. The van der Waals surface area contributed by atoms with Crippen molar-refractivity contribution < 1.29 is 9.53 Å². The summed E-state index contributed by atoms with van der Waals surface area (Å²) in [5.41, 5.74) is 1.18. The minimum absolute atomic E-state index is 0.246. The lowest BCUT2D eigenvalue weighted by Crippen LogP contribution is -2.50. The van der Waals surface area contributed by atoms with Gasteiger partial charge in [0.2, 0.25) is 5.91 Å². The number of ether oxygens (including phenoxy) is 1. The van der Waals surface area contributed by atoms with Crippen LogP contribution in [0.5, 0.6) is 0 Å². The molecule has 142 valence electrons. The number of carbonyl (C=O) groups is 1. The minimum atomic E-state index is -0.254. The Labute approximate surface area is 157 Å². The zero-order chi connectivity index (χ0) is 17.9. The third-order valence-corrected chi connectivity index (χ3v) is 6.71. The molecule has 1 aromatic rings. The number of amides is 1. The fourth-order valence-electron chi connectivity index (χ4n) is 4.89. The van der Waals surface area contributed by atoms with Crippen LogP contribution in [0.3, 0.4) is 0 Å². The Kier molecular flexibility index (Phi) is 5.32. The first kappa shape index (κ1) is 18.0. The van der Waals surface area contributed by atoms with Crippen LogP contribution in [-0.2, 0) is 14.9 Å². The highest BCUT2D eigenvalue weighted by atomic mass is 16.5. The smallest absolute Gasteiger partial charge is 0.230 e. The monoisotopic (exact) mass is 356 g/mol. The molecule has 3 fully saturated rings. The van der Waals surface area contributed by atoms with Gasteiger partial charge in [0.15, 0.2) is 0 Å². The molecule has 1 heterocycles. The molecule has 0 aromatic heterocycles. The maximum Gasteiger partial charge on any atom is 0.230 e. The molecule has 0 bridgehead atoms. The van der Waals surface area contributed by atoms with Crippen molar-refractivity contribution in [1.82, 2.24) is 10.2 Å². The summed E-state index contributed by atoms with van der Waals surface area (Å²) in [6.07, 6.45) is 8.38. The summed E-state index contributed by atoms with van der Waals surface area (Å²) >= 11 is 0. The molecule has 3 aliphatic rings. The fraction of sp³-hybridized carbons (Fsp3) is 0.682. The van der Waals surface area contributed by atoms with Crippen molar-refractivity contribution in [1.29, 1.82) is 0 Å². The van der Waals surface area contributed by atoms with Gasteiger partial charge in [-0.1, -0.05) is 49.6 Å². The van der Waals surface area contributed by atoms with Gasteiger partial charge in [0.1, 0.15) is 0 Å². The first-order valence-electron chi connectivity index (χ1n) is 10.4. The van der Waals surface area contributed by atoms with Gasteiger partial charge < -0.3 is 10.1 Å². The second-order valence-corrected chi connectivity index (χ2v) is 8.58. The lowest BCUT2D eigenvalue weighted by molar-refractivity contribution is -0.124. The molecule has 0 spiro atoms. The molecule has 4 nitrogen and oxygen atoms in total. The Bertz CT molecular complexity index is 600. The SMILES string of the molecule is O=C(NCC1(CN2CCOCC2)CCCCC1)C1(c2ccccc2)CC1. The van der Waals surface area contributed by atoms with Gasteiger partial charge in [0.25, 0.3) is 0 Å². The summed E-state index contributed by atoms with van der Waals surface area (Å²) < 4.78 is 5.51. The number of benzene rings is 1. The largest absolute Gasteiger partial charge is 0.379 e. The van der Waals surface area contributed by atoms with E-state index in [1.54, 1.807) is 0 Å². The van der Waals surface area contributed by atoms with Crippen LogP contribution >= 0.6 is 0 Å². The van der Waals surface area contributed by atoms with Crippen LogP contribution in [0.15, 0.2) is 30.3 Å². The van der Waals surface area contributed by atoms with Gasteiger partial charge in [-0.2, -0.15) is 0 Å². The van der Waals surface area contributed by atoms with Crippen LogP contribution < -0.4 is 5.32 Å².